The zero-order valence-corrected chi connectivity index (χ0v) is 16.8. The quantitative estimate of drug-likeness (QED) is 0.588. The van der Waals surface area contributed by atoms with Crippen molar-refractivity contribution in [3.05, 3.63) is 34.1 Å². The van der Waals surface area contributed by atoms with E-state index < -0.39 is 35.6 Å². The number of halogens is 6. The average Bonchev–Trinajstić information content (AvgIpc) is 3.26. The Bertz CT molecular complexity index is 1080. The van der Waals surface area contributed by atoms with E-state index in [4.69, 9.17) is 0 Å². The summed E-state index contributed by atoms with van der Waals surface area (Å²) < 4.78 is 80.2. The summed E-state index contributed by atoms with van der Waals surface area (Å²) in [6, 6.07) is 2.06. The molecule has 3 rings (SSSR count). The first-order valence-electron chi connectivity index (χ1n) is 8.71. The van der Waals surface area contributed by atoms with E-state index in [0.29, 0.717) is 0 Å². The van der Waals surface area contributed by atoms with Crippen molar-refractivity contribution in [1.29, 1.82) is 0 Å². The maximum Gasteiger partial charge on any atom is 0.435 e. The fourth-order valence-corrected chi connectivity index (χ4v) is 3.98. The monoisotopic (exact) mass is 453 g/mol. The predicted molar refractivity (Wildman–Crippen MR) is 97.1 cm³/mol. The Morgan fingerprint density at radius 1 is 1.17 bits per heavy atom. The van der Waals surface area contributed by atoms with Gasteiger partial charge in [0.15, 0.2) is 5.69 Å². The first-order valence-corrected chi connectivity index (χ1v) is 9.52. The molecular weight excluding hydrogens is 436 g/mol. The van der Waals surface area contributed by atoms with Crippen LogP contribution in [0, 0.1) is 12.8 Å². The topological polar surface area (TPSA) is 64.7 Å². The van der Waals surface area contributed by atoms with Gasteiger partial charge in [-0.1, -0.05) is 6.92 Å². The molecule has 0 aromatic carbocycles. The maximum absolute atomic E-state index is 13.1. The fraction of sp³-hybridized carbons (Fsp3) is 0.471. The van der Waals surface area contributed by atoms with Crippen molar-refractivity contribution in [2.24, 2.45) is 13.0 Å². The molecule has 3 aromatic heterocycles. The van der Waals surface area contributed by atoms with Gasteiger partial charge in [-0.05, 0) is 25.0 Å². The smallest absolute Gasteiger partial charge is 0.351 e. The van der Waals surface area contributed by atoms with Gasteiger partial charge >= 0.3 is 12.4 Å². The standard InChI is InChI=1S/C17H17F6N5OS/c1-8(7-28-12(16(18,19)20)4-9(2)25-28)6-24-14(29)11-5-10-13(17(21,22)23)26-27(3)15(10)30-11/h4-5,8H,6-7H2,1-3H3,(H,24,29)/t8-/m0/s1. The van der Waals surface area contributed by atoms with Crippen molar-refractivity contribution in [2.45, 2.75) is 32.7 Å². The summed E-state index contributed by atoms with van der Waals surface area (Å²) >= 11 is 0.856. The van der Waals surface area contributed by atoms with Crippen molar-refractivity contribution in [3.8, 4) is 0 Å². The summed E-state index contributed by atoms with van der Waals surface area (Å²) in [5, 5.41) is 9.66. The number of nitrogens with zero attached hydrogens (tertiary/aromatic N) is 4. The molecule has 164 valence electrons. The zero-order chi connectivity index (χ0) is 22.4. The number of rotatable bonds is 5. The molecule has 30 heavy (non-hydrogen) atoms. The third-order valence-electron chi connectivity index (χ3n) is 4.29. The van der Waals surface area contributed by atoms with Gasteiger partial charge in [0.25, 0.3) is 5.91 Å². The number of hydrogen-bond donors (Lipinski definition) is 1. The third kappa shape index (κ3) is 4.45. The van der Waals surface area contributed by atoms with Gasteiger partial charge in [-0.25, -0.2) is 0 Å². The molecule has 3 aromatic rings. The summed E-state index contributed by atoms with van der Waals surface area (Å²) in [4.78, 5) is 12.6. The van der Waals surface area contributed by atoms with Crippen LogP contribution in [0.2, 0.25) is 0 Å². The highest BCUT2D eigenvalue weighted by atomic mass is 32.1. The van der Waals surface area contributed by atoms with Gasteiger partial charge in [-0.15, -0.1) is 11.3 Å². The molecule has 3 heterocycles. The second kappa shape index (κ2) is 7.60. The number of aryl methyl sites for hydroxylation is 2. The summed E-state index contributed by atoms with van der Waals surface area (Å²) in [7, 11) is 1.35. The molecule has 0 saturated heterocycles. The molecule has 0 unspecified atom stereocenters. The van der Waals surface area contributed by atoms with E-state index in [1.54, 1.807) is 6.92 Å². The molecule has 0 spiro atoms. The number of carbonyl (C=O) groups is 1. The lowest BCUT2D eigenvalue weighted by molar-refractivity contribution is -0.144. The van der Waals surface area contributed by atoms with Gasteiger partial charge in [-0.3, -0.25) is 14.2 Å². The van der Waals surface area contributed by atoms with Gasteiger partial charge in [0.05, 0.1) is 10.6 Å². The van der Waals surface area contributed by atoms with Crippen LogP contribution in [-0.4, -0.2) is 32.0 Å². The van der Waals surface area contributed by atoms with Gasteiger partial charge in [-0.2, -0.15) is 36.5 Å². The lowest BCUT2D eigenvalue weighted by Crippen LogP contribution is -2.30. The molecule has 1 N–H and O–H groups in total. The second-order valence-electron chi connectivity index (χ2n) is 6.97. The minimum Gasteiger partial charge on any atom is -0.351 e. The third-order valence-corrected chi connectivity index (χ3v) is 5.49. The van der Waals surface area contributed by atoms with Crippen LogP contribution in [0.1, 0.15) is 33.7 Å². The highest BCUT2D eigenvalue weighted by molar-refractivity contribution is 7.20. The summed E-state index contributed by atoms with van der Waals surface area (Å²) in [5.41, 5.74) is -1.73. The van der Waals surface area contributed by atoms with Crippen LogP contribution in [0.4, 0.5) is 26.3 Å². The summed E-state index contributed by atoms with van der Waals surface area (Å²) in [6.45, 7) is 3.02. The predicted octanol–water partition coefficient (Wildman–Crippen LogP) is 4.24. The Hall–Kier alpha value is -2.57. The van der Waals surface area contributed by atoms with Crippen LogP contribution >= 0.6 is 11.3 Å². The molecule has 0 saturated carbocycles. The number of carbonyl (C=O) groups excluding carboxylic acids is 1. The van der Waals surface area contributed by atoms with E-state index in [9.17, 15) is 31.1 Å². The number of thiophene rings is 1. The molecular formula is C17H17F6N5OS. The SMILES string of the molecule is Cc1cc(C(F)(F)F)n(C[C@@H](C)CNC(=O)c2cc3c(C(F)(F)F)nn(C)c3s2)n1. The van der Waals surface area contributed by atoms with Gasteiger partial charge in [0.2, 0.25) is 0 Å². The lowest BCUT2D eigenvalue weighted by Gasteiger charge is -2.15. The zero-order valence-electron chi connectivity index (χ0n) is 16.0. The first-order chi connectivity index (χ1) is 13.8. The number of aromatic nitrogens is 4. The minimum atomic E-state index is -4.65. The molecule has 0 fully saturated rings. The van der Waals surface area contributed by atoms with E-state index in [-0.39, 0.29) is 33.9 Å². The van der Waals surface area contributed by atoms with Crippen molar-refractivity contribution in [1.82, 2.24) is 24.9 Å². The minimum absolute atomic E-state index is 0.0215. The summed E-state index contributed by atoms with van der Waals surface area (Å²) in [5.74, 6) is -1.01. The molecule has 0 radical (unpaired) electrons. The van der Waals surface area contributed by atoms with Crippen molar-refractivity contribution >= 4 is 27.5 Å². The molecule has 1 amide bonds. The number of alkyl halides is 6. The van der Waals surface area contributed by atoms with Crippen molar-refractivity contribution < 1.29 is 31.1 Å². The maximum atomic E-state index is 13.1. The van der Waals surface area contributed by atoms with Crippen LogP contribution in [-0.2, 0) is 25.9 Å². The van der Waals surface area contributed by atoms with Crippen molar-refractivity contribution in [2.75, 3.05) is 6.54 Å². The van der Waals surface area contributed by atoms with E-state index in [1.165, 1.54) is 14.0 Å². The highest BCUT2D eigenvalue weighted by Crippen LogP contribution is 2.37. The van der Waals surface area contributed by atoms with Crippen LogP contribution in [0.25, 0.3) is 10.2 Å². The van der Waals surface area contributed by atoms with Crippen molar-refractivity contribution in [3.63, 3.8) is 0 Å². The Morgan fingerprint density at radius 3 is 2.43 bits per heavy atom. The number of nitrogens with one attached hydrogen (secondary N) is 1. The molecule has 0 aliphatic carbocycles. The van der Waals surface area contributed by atoms with Crippen LogP contribution in [0.5, 0.6) is 0 Å². The van der Waals surface area contributed by atoms with E-state index in [2.05, 4.69) is 15.5 Å². The lowest BCUT2D eigenvalue weighted by atomic mass is 10.2. The molecule has 6 nitrogen and oxygen atoms in total. The van der Waals surface area contributed by atoms with Gasteiger partial charge < -0.3 is 5.32 Å². The Morgan fingerprint density at radius 2 is 1.83 bits per heavy atom. The molecule has 1 atom stereocenters. The second-order valence-corrected chi connectivity index (χ2v) is 8.00. The Kier molecular flexibility index (Phi) is 5.60. The van der Waals surface area contributed by atoms with Crippen LogP contribution < -0.4 is 5.32 Å². The molecule has 0 bridgehead atoms. The Balaban J connectivity index is 1.69. The van der Waals surface area contributed by atoms with Gasteiger partial charge in [0, 0.05) is 25.5 Å². The van der Waals surface area contributed by atoms with Crippen LogP contribution in [0.15, 0.2) is 12.1 Å². The molecule has 13 heteroatoms. The number of fused-ring (bicyclic) bond motifs is 1. The van der Waals surface area contributed by atoms with Gasteiger partial charge in [0.1, 0.15) is 10.5 Å². The highest BCUT2D eigenvalue weighted by Gasteiger charge is 2.38. The first kappa shape index (κ1) is 22.1. The fourth-order valence-electron chi connectivity index (χ4n) is 2.99. The molecule has 0 aliphatic heterocycles. The van der Waals surface area contributed by atoms with E-state index in [0.717, 1.165) is 32.8 Å². The largest absolute Gasteiger partial charge is 0.435 e. The normalized spacial score (nSPS) is 13.8. The number of amides is 1. The molecule has 0 aliphatic rings. The Labute approximate surface area is 170 Å². The van der Waals surface area contributed by atoms with Crippen LogP contribution in [0.3, 0.4) is 0 Å². The average molecular weight is 453 g/mol. The summed E-state index contributed by atoms with van der Waals surface area (Å²) in [6.07, 6.45) is -9.20. The van der Waals surface area contributed by atoms with E-state index in [1.807, 2.05) is 0 Å². The van der Waals surface area contributed by atoms with E-state index >= 15 is 0 Å². The number of hydrogen-bond acceptors (Lipinski definition) is 4.